The van der Waals surface area contributed by atoms with Crippen molar-refractivity contribution >= 4 is 11.8 Å². The van der Waals surface area contributed by atoms with Gasteiger partial charge in [0.2, 0.25) is 0 Å². The molecule has 1 unspecified atom stereocenters. The van der Waals surface area contributed by atoms with Crippen molar-refractivity contribution in [3.8, 4) is 0 Å². The highest BCUT2D eigenvalue weighted by atomic mass is 32.2. The standard InChI is InChI=1S/C12H19NOS/c1-9-3-4-10(2)12(7-9)15-6-5-11(13)8-14/h3-4,7,11,14H,5-6,8,13H2,1-2H3. The number of aliphatic hydroxyl groups is 1. The molecule has 84 valence electrons. The molecule has 0 saturated carbocycles. The number of nitrogens with two attached hydrogens (primary N) is 1. The molecule has 1 atom stereocenters. The van der Waals surface area contributed by atoms with Crippen LogP contribution in [-0.2, 0) is 0 Å². The van der Waals surface area contributed by atoms with E-state index in [1.165, 1.54) is 16.0 Å². The summed E-state index contributed by atoms with van der Waals surface area (Å²) in [4.78, 5) is 1.32. The largest absolute Gasteiger partial charge is 0.395 e. The van der Waals surface area contributed by atoms with Crippen LogP contribution in [0.25, 0.3) is 0 Å². The highest BCUT2D eigenvalue weighted by Crippen LogP contribution is 2.24. The SMILES string of the molecule is Cc1ccc(C)c(SCCC(N)CO)c1. The molecule has 0 aliphatic heterocycles. The van der Waals surface area contributed by atoms with Gasteiger partial charge in [0.05, 0.1) is 6.61 Å². The molecule has 0 saturated heterocycles. The Kier molecular flexibility index (Phi) is 5.15. The van der Waals surface area contributed by atoms with Gasteiger partial charge in [-0.25, -0.2) is 0 Å². The van der Waals surface area contributed by atoms with Gasteiger partial charge in [-0.2, -0.15) is 0 Å². The first-order chi connectivity index (χ1) is 7.13. The Morgan fingerprint density at radius 2 is 2.13 bits per heavy atom. The normalized spacial score (nSPS) is 12.8. The summed E-state index contributed by atoms with van der Waals surface area (Å²) in [5.41, 5.74) is 8.24. The molecule has 1 rings (SSSR count). The van der Waals surface area contributed by atoms with Crippen LogP contribution in [-0.4, -0.2) is 23.5 Å². The molecule has 1 aromatic carbocycles. The van der Waals surface area contributed by atoms with Crippen molar-refractivity contribution in [2.45, 2.75) is 31.2 Å². The fraction of sp³-hybridized carbons (Fsp3) is 0.500. The minimum atomic E-state index is -0.0809. The first-order valence-corrected chi connectivity index (χ1v) is 6.18. The number of aliphatic hydroxyl groups excluding tert-OH is 1. The number of thioether (sulfide) groups is 1. The monoisotopic (exact) mass is 225 g/mol. The molecule has 1 aromatic rings. The minimum Gasteiger partial charge on any atom is -0.395 e. The summed E-state index contributed by atoms with van der Waals surface area (Å²) in [6, 6.07) is 6.38. The number of aryl methyl sites for hydroxylation is 2. The topological polar surface area (TPSA) is 46.2 Å². The number of hydrogen-bond acceptors (Lipinski definition) is 3. The first kappa shape index (κ1) is 12.6. The molecule has 0 aliphatic carbocycles. The van der Waals surface area contributed by atoms with Gasteiger partial charge in [0.25, 0.3) is 0 Å². The van der Waals surface area contributed by atoms with Gasteiger partial charge in [-0.15, -0.1) is 11.8 Å². The van der Waals surface area contributed by atoms with E-state index >= 15 is 0 Å². The van der Waals surface area contributed by atoms with Crippen LogP contribution in [0.5, 0.6) is 0 Å². The molecule has 15 heavy (non-hydrogen) atoms. The molecule has 3 N–H and O–H groups in total. The van der Waals surface area contributed by atoms with Crippen molar-refractivity contribution in [3.63, 3.8) is 0 Å². The molecule has 3 heteroatoms. The summed E-state index contributed by atoms with van der Waals surface area (Å²) in [5, 5.41) is 8.80. The zero-order valence-electron chi connectivity index (χ0n) is 9.36. The quantitative estimate of drug-likeness (QED) is 0.754. The van der Waals surface area contributed by atoms with E-state index in [1.807, 2.05) is 11.8 Å². The lowest BCUT2D eigenvalue weighted by Gasteiger charge is -2.09. The van der Waals surface area contributed by atoms with Gasteiger partial charge in [-0.3, -0.25) is 0 Å². The van der Waals surface area contributed by atoms with E-state index in [4.69, 9.17) is 10.8 Å². The third-order valence-electron chi connectivity index (χ3n) is 2.32. The van der Waals surface area contributed by atoms with Gasteiger partial charge in [0.15, 0.2) is 0 Å². The average Bonchev–Trinajstić information content (AvgIpc) is 2.23. The van der Waals surface area contributed by atoms with Crippen LogP contribution in [0.1, 0.15) is 17.5 Å². The molecule has 0 aromatic heterocycles. The van der Waals surface area contributed by atoms with Crippen LogP contribution in [0.3, 0.4) is 0 Å². The Bertz CT molecular complexity index is 314. The third kappa shape index (κ3) is 4.24. The van der Waals surface area contributed by atoms with E-state index in [1.54, 1.807) is 0 Å². The molecule has 0 radical (unpaired) electrons. The predicted molar refractivity (Wildman–Crippen MR) is 66.3 cm³/mol. The van der Waals surface area contributed by atoms with Crippen molar-refractivity contribution < 1.29 is 5.11 Å². The second kappa shape index (κ2) is 6.16. The fourth-order valence-electron chi connectivity index (χ4n) is 1.27. The molecule has 0 aliphatic rings. The molecule has 0 spiro atoms. The van der Waals surface area contributed by atoms with Crippen LogP contribution >= 0.6 is 11.8 Å². The average molecular weight is 225 g/mol. The Labute approximate surface area is 95.9 Å². The second-order valence-electron chi connectivity index (χ2n) is 3.85. The predicted octanol–water partition coefficient (Wildman–Crippen LogP) is 2.11. The molecule has 0 fully saturated rings. The summed E-state index contributed by atoms with van der Waals surface area (Å²) < 4.78 is 0. The summed E-state index contributed by atoms with van der Waals surface area (Å²) in [6.07, 6.45) is 0.856. The number of hydrogen-bond donors (Lipinski definition) is 2. The molecule has 0 bridgehead atoms. The highest BCUT2D eigenvalue weighted by molar-refractivity contribution is 7.99. The maximum absolute atomic E-state index is 8.80. The lowest BCUT2D eigenvalue weighted by molar-refractivity contribution is 0.264. The molecule has 2 nitrogen and oxygen atoms in total. The summed E-state index contributed by atoms with van der Waals surface area (Å²) in [7, 11) is 0. The summed E-state index contributed by atoms with van der Waals surface area (Å²) in [6.45, 7) is 4.30. The molecule has 0 amide bonds. The second-order valence-corrected chi connectivity index (χ2v) is 4.99. The lowest BCUT2D eigenvalue weighted by Crippen LogP contribution is -2.24. The van der Waals surface area contributed by atoms with Crippen LogP contribution in [0.2, 0.25) is 0 Å². The Balaban J connectivity index is 2.46. The van der Waals surface area contributed by atoms with Crippen molar-refractivity contribution in [2.24, 2.45) is 5.73 Å². The number of rotatable bonds is 5. The third-order valence-corrected chi connectivity index (χ3v) is 3.52. The van der Waals surface area contributed by atoms with Gasteiger partial charge in [0, 0.05) is 10.9 Å². The van der Waals surface area contributed by atoms with Crippen LogP contribution in [0, 0.1) is 13.8 Å². The summed E-state index contributed by atoms with van der Waals surface area (Å²) in [5.74, 6) is 0.964. The van der Waals surface area contributed by atoms with Gasteiger partial charge >= 0.3 is 0 Å². The van der Waals surface area contributed by atoms with Gasteiger partial charge in [0.1, 0.15) is 0 Å². The Morgan fingerprint density at radius 1 is 1.40 bits per heavy atom. The van der Waals surface area contributed by atoms with Crippen molar-refractivity contribution in [1.82, 2.24) is 0 Å². The maximum atomic E-state index is 8.80. The summed E-state index contributed by atoms with van der Waals surface area (Å²) >= 11 is 1.81. The minimum absolute atomic E-state index is 0.0767. The van der Waals surface area contributed by atoms with Gasteiger partial charge < -0.3 is 10.8 Å². The lowest BCUT2D eigenvalue weighted by atomic mass is 10.2. The molecular weight excluding hydrogens is 206 g/mol. The van der Waals surface area contributed by atoms with Gasteiger partial charge in [-0.1, -0.05) is 17.7 Å². The van der Waals surface area contributed by atoms with E-state index in [0.29, 0.717) is 0 Å². The van der Waals surface area contributed by atoms with Crippen molar-refractivity contribution in [2.75, 3.05) is 12.4 Å². The van der Waals surface area contributed by atoms with E-state index in [-0.39, 0.29) is 12.6 Å². The van der Waals surface area contributed by atoms with Gasteiger partial charge in [-0.05, 0) is 37.7 Å². The zero-order valence-corrected chi connectivity index (χ0v) is 10.2. The molecular formula is C12H19NOS. The maximum Gasteiger partial charge on any atom is 0.0582 e. The van der Waals surface area contributed by atoms with Crippen LogP contribution < -0.4 is 5.73 Å². The van der Waals surface area contributed by atoms with Crippen molar-refractivity contribution in [1.29, 1.82) is 0 Å². The van der Waals surface area contributed by atoms with E-state index < -0.39 is 0 Å². The van der Waals surface area contributed by atoms with E-state index in [9.17, 15) is 0 Å². The Morgan fingerprint density at radius 3 is 2.80 bits per heavy atom. The van der Waals surface area contributed by atoms with Crippen molar-refractivity contribution in [3.05, 3.63) is 29.3 Å². The van der Waals surface area contributed by atoms with E-state index in [2.05, 4.69) is 32.0 Å². The fourth-order valence-corrected chi connectivity index (χ4v) is 2.48. The zero-order chi connectivity index (χ0) is 11.3. The first-order valence-electron chi connectivity index (χ1n) is 5.20. The Hall–Kier alpha value is -0.510. The van der Waals surface area contributed by atoms with Crippen LogP contribution in [0.15, 0.2) is 23.1 Å². The molecule has 0 heterocycles. The number of benzene rings is 1. The van der Waals surface area contributed by atoms with E-state index in [0.717, 1.165) is 12.2 Å². The highest BCUT2D eigenvalue weighted by Gasteiger charge is 2.03. The van der Waals surface area contributed by atoms with Crippen LogP contribution in [0.4, 0.5) is 0 Å². The smallest absolute Gasteiger partial charge is 0.0582 e.